The lowest BCUT2D eigenvalue weighted by molar-refractivity contribution is -0.146. The van der Waals surface area contributed by atoms with Gasteiger partial charge in [-0.1, -0.05) is 36.4 Å². The van der Waals surface area contributed by atoms with Crippen molar-refractivity contribution in [3.05, 3.63) is 65.5 Å². The third-order valence-electron chi connectivity index (χ3n) is 4.63. The Hall–Kier alpha value is -2.93. The number of carbonyl (C=O) groups is 2. The molecule has 2 heterocycles. The topological polar surface area (TPSA) is 74.8 Å². The van der Waals surface area contributed by atoms with Crippen LogP contribution in [0.1, 0.15) is 17.0 Å². The number of urea groups is 1. The number of nitrogens with zero attached hydrogens (tertiary/aromatic N) is 3. The Kier molecular flexibility index (Phi) is 6.60. The number of hydrogen-bond acceptors (Lipinski definition) is 4. The third-order valence-corrected chi connectivity index (χ3v) is 4.63. The van der Waals surface area contributed by atoms with E-state index in [1.807, 2.05) is 55.5 Å². The van der Waals surface area contributed by atoms with Gasteiger partial charge in [-0.2, -0.15) is 0 Å². The Bertz CT molecular complexity index is 812. The first-order valence-electron chi connectivity index (χ1n) is 9.36. The van der Waals surface area contributed by atoms with Gasteiger partial charge in [-0.05, 0) is 24.6 Å². The van der Waals surface area contributed by atoms with Crippen LogP contribution in [0.15, 0.2) is 48.5 Å². The number of benzene rings is 1. The SMILES string of the molecule is Cc1cccc(CN(Cc2ccccc2)C(=O)NC[C@H]2CN(C)C(=O)CO2)n1. The van der Waals surface area contributed by atoms with Crippen LogP contribution in [-0.2, 0) is 22.6 Å². The van der Waals surface area contributed by atoms with E-state index < -0.39 is 0 Å². The van der Waals surface area contributed by atoms with Gasteiger partial charge < -0.3 is 19.9 Å². The molecule has 1 saturated heterocycles. The van der Waals surface area contributed by atoms with Crippen molar-refractivity contribution >= 4 is 11.9 Å². The number of rotatable bonds is 6. The second-order valence-corrected chi connectivity index (χ2v) is 7.01. The van der Waals surface area contributed by atoms with E-state index in [1.165, 1.54) is 0 Å². The summed E-state index contributed by atoms with van der Waals surface area (Å²) >= 11 is 0. The summed E-state index contributed by atoms with van der Waals surface area (Å²) in [6.07, 6.45) is -0.206. The van der Waals surface area contributed by atoms with Gasteiger partial charge in [0, 0.05) is 32.4 Å². The lowest BCUT2D eigenvalue weighted by atomic mass is 10.2. The highest BCUT2D eigenvalue weighted by Gasteiger charge is 2.24. The number of morpholine rings is 1. The quantitative estimate of drug-likeness (QED) is 0.829. The summed E-state index contributed by atoms with van der Waals surface area (Å²) < 4.78 is 5.51. The zero-order valence-corrected chi connectivity index (χ0v) is 16.3. The van der Waals surface area contributed by atoms with Crippen molar-refractivity contribution < 1.29 is 14.3 Å². The van der Waals surface area contributed by atoms with Crippen molar-refractivity contribution in [2.45, 2.75) is 26.1 Å². The zero-order chi connectivity index (χ0) is 19.9. The summed E-state index contributed by atoms with van der Waals surface area (Å²) in [7, 11) is 1.74. The molecule has 148 valence electrons. The molecule has 3 amide bonds. The number of pyridine rings is 1. The van der Waals surface area contributed by atoms with Gasteiger partial charge in [-0.15, -0.1) is 0 Å². The largest absolute Gasteiger partial charge is 0.365 e. The van der Waals surface area contributed by atoms with E-state index in [0.717, 1.165) is 17.0 Å². The fourth-order valence-electron chi connectivity index (χ4n) is 3.08. The summed E-state index contributed by atoms with van der Waals surface area (Å²) in [4.78, 5) is 32.3. The molecule has 1 aromatic heterocycles. The summed E-state index contributed by atoms with van der Waals surface area (Å²) in [6.45, 7) is 3.69. The number of nitrogens with one attached hydrogen (secondary N) is 1. The van der Waals surface area contributed by atoms with Crippen LogP contribution in [-0.4, -0.2) is 59.6 Å². The van der Waals surface area contributed by atoms with Crippen LogP contribution < -0.4 is 5.32 Å². The maximum absolute atomic E-state index is 12.9. The van der Waals surface area contributed by atoms with Crippen LogP contribution in [0.25, 0.3) is 0 Å². The molecule has 1 fully saturated rings. The van der Waals surface area contributed by atoms with E-state index in [2.05, 4.69) is 10.3 Å². The minimum absolute atomic E-state index is 0.0428. The number of amides is 3. The van der Waals surface area contributed by atoms with E-state index in [0.29, 0.717) is 26.2 Å². The third kappa shape index (κ3) is 5.53. The van der Waals surface area contributed by atoms with Crippen molar-refractivity contribution in [2.75, 3.05) is 26.7 Å². The van der Waals surface area contributed by atoms with Gasteiger partial charge in [-0.3, -0.25) is 9.78 Å². The molecular formula is C21H26N4O3. The van der Waals surface area contributed by atoms with E-state index in [-0.39, 0.29) is 24.6 Å². The average molecular weight is 382 g/mol. The number of hydrogen-bond donors (Lipinski definition) is 1. The smallest absolute Gasteiger partial charge is 0.318 e. The second-order valence-electron chi connectivity index (χ2n) is 7.01. The Morgan fingerprint density at radius 1 is 1.21 bits per heavy atom. The summed E-state index contributed by atoms with van der Waals surface area (Å²) in [5.41, 5.74) is 2.80. The van der Waals surface area contributed by atoms with E-state index >= 15 is 0 Å². The lowest BCUT2D eigenvalue weighted by Gasteiger charge is -2.31. The van der Waals surface area contributed by atoms with E-state index in [1.54, 1.807) is 16.8 Å². The lowest BCUT2D eigenvalue weighted by Crippen LogP contribution is -2.50. The standard InChI is InChI=1S/C21H26N4O3/c1-16-7-6-10-18(23-16)13-25(12-17-8-4-3-5-9-17)21(27)22-11-19-14-24(2)20(26)15-28-19/h3-10,19H,11-15H2,1-2H3,(H,22,27)/t19-/m0/s1. The summed E-state index contributed by atoms with van der Waals surface area (Å²) in [5.74, 6) is -0.0428. The maximum Gasteiger partial charge on any atom is 0.318 e. The molecule has 7 nitrogen and oxygen atoms in total. The molecule has 0 unspecified atom stereocenters. The molecule has 1 aliphatic heterocycles. The molecule has 3 rings (SSSR count). The van der Waals surface area contributed by atoms with Crippen LogP contribution in [0, 0.1) is 6.92 Å². The summed E-state index contributed by atoms with van der Waals surface area (Å²) in [6, 6.07) is 15.5. The van der Waals surface area contributed by atoms with Gasteiger partial charge in [0.15, 0.2) is 0 Å². The Balaban J connectivity index is 1.64. The molecular weight excluding hydrogens is 356 g/mol. The van der Waals surface area contributed by atoms with Crippen LogP contribution in [0.4, 0.5) is 4.79 Å². The van der Waals surface area contributed by atoms with Gasteiger partial charge in [0.2, 0.25) is 5.91 Å². The minimum Gasteiger partial charge on any atom is -0.365 e. The fourth-order valence-corrected chi connectivity index (χ4v) is 3.08. The fraction of sp³-hybridized carbons (Fsp3) is 0.381. The molecule has 0 radical (unpaired) electrons. The number of aromatic nitrogens is 1. The number of ether oxygens (including phenoxy) is 1. The van der Waals surface area contributed by atoms with Gasteiger partial charge in [0.05, 0.1) is 18.3 Å². The van der Waals surface area contributed by atoms with Gasteiger partial charge >= 0.3 is 6.03 Å². The number of likely N-dealkylation sites (N-methyl/N-ethyl adjacent to an activating group) is 1. The highest BCUT2D eigenvalue weighted by Crippen LogP contribution is 2.10. The molecule has 28 heavy (non-hydrogen) atoms. The first-order valence-corrected chi connectivity index (χ1v) is 9.36. The molecule has 0 spiro atoms. The Morgan fingerprint density at radius 3 is 2.71 bits per heavy atom. The van der Waals surface area contributed by atoms with Crippen molar-refractivity contribution in [1.82, 2.24) is 20.1 Å². The maximum atomic E-state index is 12.9. The van der Waals surface area contributed by atoms with Crippen LogP contribution in [0.3, 0.4) is 0 Å². The predicted octanol–water partition coefficient (Wildman–Crippen LogP) is 1.96. The van der Waals surface area contributed by atoms with Crippen LogP contribution in [0.5, 0.6) is 0 Å². The van der Waals surface area contributed by atoms with Crippen LogP contribution in [0.2, 0.25) is 0 Å². The first-order chi connectivity index (χ1) is 13.5. The van der Waals surface area contributed by atoms with Crippen molar-refractivity contribution in [2.24, 2.45) is 0 Å². The molecule has 1 aromatic carbocycles. The van der Waals surface area contributed by atoms with E-state index in [9.17, 15) is 9.59 Å². The molecule has 1 aliphatic rings. The molecule has 0 bridgehead atoms. The highest BCUT2D eigenvalue weighted by atomic mass is 16.5. The predicted molar refractivity (Wildman–Crippen MR) is 105 cm³/mol. The summed E-state index contributed by atoms with van der Waals surface area (Å²) in [5, 5.41) is 2.94. The van der Waals surface area contributed by atoms with Gasteiger partial charge in [0.25, 0.3) is 0 Å². The zero-order valence-electron chi connectivity index (χ0n) is 16.3. The van der Waals surface area contributed by atoms with E-state index in [4.69, 9.17) is 4.74 Å². The Labute approximate surface area is 165 Å². The highest BCUT2D eigenvalue weighted by molar-refractivity contribution is 5.78. The molecule has 0 saturated carbocycles. The molecule has 2 aromatic rings. The van der Waals surface area contributed by atoms with Crippen molar-refractivity contribution in [3.8, 4) is 0 Å². The average Bonchev–Trinajstić information content (AvgIpc) is 2.69. The first kappa shape index (κ1) is 19.8. The second kappa shape index (κ2) is 9.32. The van der Waals surface area contributed by atoms with Crippen molar-refractivity contribution in [1.29, 1.82) is 0 Å². The normalized spacial score (nSPS) is 16.7. The number of aryl methyl sites for hydroxylation is 1. The molecule has 1 N–H and O–H groups in total. The van der Waals surface area contributed by atoms with Crippen molar-refractivity contribution in [3.63, 3.8) is 0 Å². The van der Waals surface area contributed by atoms with Gasteiger partial charge in [0.1, 0.15) is 6.61 Å². The molecule has 0 aliphatic carbocycles. The Morgan fingerprint density at radius 2 is 2.00 bits per heavy atom. The van der Waals surface area contributed by atoms with Gasteiger partial charge in [-0.25, -0.2) is 4.79 Å². The molecule has 1 atom stereocenters. The number of carbonyl (C=O) groups excluding carboxylic acids is 2. The molecule has 7 heteroatoms. The van der Waals surface area contributed by atoms with Crippen LogP contribution >= 0.6 is 0 Å². The minimum atomic E-state index is -0.206. The monoisotopic (exact) mass is 382 g/mol.